The van der Waals surface area contributed by atoms with Crippen LogP contribution in [0.25, 0.3) is 10.3 Å². The Hall–Kier alpha value is -0.890. The highest BCUT2D eigenvalue weighted by Crippen LogP contribution is 2.32. The van der Waals surface area contributed by atoms with Crippen molar-refractivity contribution in [3.8, 4) is 0 Å². The Kier molecular flexibility index (Phi) is 2.79. The molecule has 0 aliphatic carbocycles. The predicted octanol–water partition coefficient (Wildman–Crippen LogP) is 3.14. The van der Waals surface area contributed by atoms with Crippen molar-refractivity contribution in [1.82, 2.24) is 15.0 Å². The number of aromatic nitrogens is 3. The number of halogens is 3. The van der Waals surface area contributed by atoms with Crippen LogP contribution in [0.3, 0.4) is 0 Å². The van der Waals surface area contributed by atoms with E-state index in [4.69, 9.17) is 0 Å². The Morgan fingerprint density at radius 3 is 2.44 bits per heavy atom. The van der Waals surface area contributed by atoms with Crippen molar-refractivity contribution in [2.75, 3.05) is 6.26 Å². The number of nitrogens with zero attached hydrogens (tertiary/aromatic N) is 3. The lowest BCUT2D eigenvalue weighted by Crippen LogP contribution is -2.11. The summed E-state index contributed by atoms with van der Waals surface area (Å²) >= 11 is 2.68. The first-order chi connectivity index (χ1) is 7.41. The molecule has 86 valence electrons. The van der Waals surface area contributed by atoms with E-state index in [1.165, 1.54) is 30.0 Å². The number of thioether (sulfide) groups is 1. The van der Waals surface area contributed by atoms with Crippen LogP contribution in [0.1, 0.15) is 11.5 Å². The van der Waals surface area contributed by atoms with Gasteiger partial charge in [0.1, 0.15) is 0 Å². The molecule has 0 unspecified atom stereocenters. The van der Waals surface area contributed by atoms with Gasteiger partial charge in [0.15, 0.2) is 9.99 Å². The number of rotatable bonds is 1. The molecule has 0 fully saturated rings. The molecule has 0 saturated carbocycles. The number of hydrogen-bond donors (Lipinski definition) is 0. The highest BCUT2D eigenvalue weighted by atomic mass is 32.2. The standard InChI is InChI=1S/C8H6F3N3S2/c1-3-4-5(14-7(15-2)16-4)13-6(12-3)8(9,10)11/h1-2H3. The van der Waals surface area contributed by atoms with E-state index in [9.17, 15) is 13.2 Å². The number of aryl methyl sites for hydroxylation is 1. The van der Waals surface area contributed by atoms with Crippen LogP contribution in [0.5, 0.6) is 0 Å². The molecule has 0 radical (unpaired) electrons. The van der Waals surface area contributed by atoms with Gasteiger partial charge in [-0.2, -0.15) is 13.2 Å². The van der Waals surface area contributed by atoms with E-state index in [0.29, 0.717) is 14.7 Å². The quantitative estimate of drug-likeness (QED) is 0.742. The van der Waals surface area contributed by atoms with Gasteiger partial charge in [-0.25, -0.2) is 15.0 Å². The van der Waals surface area contributed by atoms with Crippen molar-refractivity contribution in [3.63, 3.8) is 0 Å². The van der Waals surface area contributed by atoms with Gasteiger partial charge in [-0.1, -0.05) is 11.8 Å². The highest BCUT2D eigenvalue weighted by molar-refractivity contribution is 8.00. The second-order valence-electron chi connectivity index (χ2n) is 2.97. The van der Waals surface area contributed by atoms with Gasteiger partial charge in [0.05, 0.1) is 10.4 Å². The van der Waals surface area contributed by atoms with Gasteiger partial charge in [-0.3, -0.25) is 0 Å². The summed E-state index contributed by atoms with van der Waals surface area (Å²) in [5, 5.41) is 0. The molecular formula is C8H6F3N3S2. The summed E-state index contributed by atoms with van der Waals surface area (Å²) in [7, 11) is 0. The van der Waals surface area contributed by atoms with Crippen molar-refractivity contribution in [2.24, 2.45) is 0 Å². The van der Waals surface area contributed by atoms with E-state index in [2.05, 4.69) is 15.0 Å². The number of thiazole rings is 1. The summed E-state index contributed by atoms with van der Waals surface area (Å²) in [6, 6.07) is 0. The second kappa shape index (κ2) is 3.85. The first-order valence-corrected chi connectivity index (χ1v) is 6.22. The summed E-state index contributed by atoms with van der Waals surface area (Å²) in [6.45, 7) is 1.53. The molecule has 0 spiro atoms. The Balaban J connectivity index is 2.67. The zero-order chi connectivity index (χ0) is 11.9. The summed E-state index contributed by atoms with van der Waals surface area (Å²) in [5.74, 6) is -1.13. The number of hydrogen-bond acceptors (Lipinski definition) is 5. The van der Waals surface area contributed by atoms with Crippen molar-refractivity contribution in [1.29, 1.82) is 0 Å². The predicted molar refractivity (Wildman–Crippen MR) is 56.7 cm³/mol. The molecule has 8 heteroatoms. The molecule has 2 rings (SSSR count). The monoisotopic (exact) mass is 265 g/mol. The van der Waals surface area contributed by atoms with Crippen LogP contribution in [0, 0.1) is 6.92 Å². The molecule has 0 aromatic carbocycles. The largest absolute Gasteiger partial charge is 0.451 e. The SMILES string of the molecule is CSc1nc2nc(C(F)(F)F)nc(C)c2s1. The molecule has 0 atom stereocenters. The van der Waals surface area contributed by atoms with Crippen LogP contribution >= 0.6 is 23.1 Å². The molecular weight excluding hydrogens is 259 g/mol. The van der Waals surface area contributed by atoms with Crippen LogP contribution in [-0.4, -0.2) is 21.2 Å². The minimum atomic E-state index is -4.53. The minimum absolute atomic E-state index is 0.120. The minimum Gasteiger partial charge on any atom is -0.228 e. The lowest BCUT2D eigenvalue weighted by molar-refractivity contribution is -0.144. The van der Waals surface area contributed by atoms with E-state index >= 15 is 0 Å². The van der Waals surface area contributed by atoms with E-state index in [0.717, 1.165) is 0 Å². The van der Waals surface area contributed by atoms with E-state index in [1.54, 1.807) is 0 Å². The molecule has 0 N–H and O–H groups in total. The normalized spacial score (nSPS) is 12.3. The Bertz CT molecular complexity index is 535. The van der Waals surface area contributed by atoms with E-state index in [-0.39, 0.29) is 5.65 Å². The molecule has 2 aromatic heterocycles. The molecule has 0 bridgehead atoms. The fourth-order valence-corrected chi connectivity index (χ4v) is 2.60. The highest BCUT2D eigenvalue weighted by Gasteiger charge is 2.35. The van der Waals surface area contributed by atoms with Crippen LogP contribution in [0.4, 0.5) is 13.2 Å². The number of fused-ring (bicyclic) bond motifs is 1. The first-order valence-electron chi connectivity index (χ1n) is 4.18. The molecule has 2 aromatic rings. The summed E-state index contributed by atoms with van der Waals surface area (Å²) < 4.78 is 38.6. The Labute approximate surface area is 97.1 Å². The number of alkyl halides is 3. The van der Waals surface area contributed by atoms with Gasteiger partial charge in [0, 0.05) is 0 Å². The maximum Gasteiger partial charge on any atom is 0.451 e. The lowest BCUT2D eigenvalue weighted by atomic mass is 10.4. The molecule has 2 heterocycles. The van der Waals surface area contributed by atoms with E-state index < -0.39 is 12.0 Å². The summed E-state index contributed by atoms with van der Waals surface area (Å²) in [5.41, 5.74) is 0.435. The van der Waals surface area contributed by atoms with Crippen LogP contribution in [0.15, 0.2) is 4.34 Å². The lowest BCUT2D eigenvalue weighted by Gasteiger charge is -2.04. The maximum absolute atomic E-state index is 12.4. The van der Waals surface area contributed by atoms with Gasteiger partial charge < -0.3 is 0 Å². The summed E-state index contributed by atoms with van der Waals surface area (Å²) in [4.78, 5) is 10.9. The molecule has 3 nitrogen and oxygen atoms in total. The molecule has 0 aliphatic heterocycles. The van der Waals surface area contributed by atoms with E-state index in [1.807, 2.05) is 6.26 Å². The molecule has 0 aliphatic rings. The van der Waals surface area contributed by atoms with Crippen molar-refractivity contribution in [2.45, 2.75) is 17.4 Å². The first kappa shape index (κ1) is 11.6. The van der Waals surface area contributed by atoms with Crippen molar-refractivity contribution >= 4 is 33.4 Å². The summed E-state index contributed by atoms with van der Waals surface area (Å²) in [6.07, 6.45) is -2.72. The maximum atomic E-state index is 12.4. The Morgan fingerprint density at radius 2 is 1.88 bits per heavy atom. The zero-order valence-electron chi connectivity index (χ0n) is 8.29. The van der Waals surface area contributed by atoms with Crippen LogP contribution < -0.4 is 0 Å². The van der Waals surface area contributed by atoms with Crippen LogP contribution in [-0.2, 0) is 6.18 Å². The smallest absolute Gasteiger partial charge is 0.228 e. The van der Waals surface area contributed by atoms with Crippen molar-refractivity contribution < 1.29 is 13.2 Å². The van der Waals surface area contributed by atoms with Gasteiger partial charge in [-0.05, 0) is 13.2 Å². The second-order valence-corrected chi connectivity index (χ2v) is 5.02. The molecule has 0 saturated heterocycles. The topological polar surface area (TPSA) is 38.7 Å². The van der Waals surface area contributed by atoms with Gasteiger partial charge in [0.25, 0.3) is 0 Å². The fraction of sp³-hybridized carbons (Fsp3) is 0.375. The molecule has 16 heavy (non-hydrogen) atoms. The third-order valence-electron chi connectivity index (χ3n) is 1.83. The van der Waals surface area contributed by atoms with Gasteiger partial charge >= 0.3 is 6.18 Å². The third kappa shape index (κ3) is 1.99. The third-order valence-corrected chi connectivity index (χ3v) is 3.97. The fourth-order valence-electron chi connectivity index (χ4n) is 1.15. The van der Waals surface area contributed by atoms with Crippen molar-refractivity contribution in [3.05, 3.63) is 11.5 Å². The van der Waals surface area contributed by atoms with Gasteiger partial charge in [0.2, 0.25) is 5.82 Å². The van der Waals surface area contributed by atoms with Crippen LogP contribution in [0.2, 0.25) is 0 Å². The Morgan fingerprint density at radius 1 is 1.19 bits per heavy atom. The molecule has 0 amide bonds. The zero-order valence-corrected chi connectivity index (χ0v) is 9.93. The van der Waals surface area contributed by atoms with Gasteiger partial charge in [-0.15, -0.1) is 11.3 Å². The average Bonchev–Trinajstić information content (AvgIpc) is 2.59. The average molecular weight is 265 g/mol.